The maximum Gasteiger partial charge on any atom is 0.318 e. The Balaban J connectivity index is 0.000000526. The van der Waals surface area contributed by atoms with Crippen LogP contribution in [0.5, 0.6) is 46.0 Å². The fourth-order valence-electron chi connectivity index (χ4n) is 5.94. The molecule has 64 heavy (non-hydrogen) atoms. The smallest absolute Gasteiger partial charge is 0.318 e. The van der Waals surface area contributed by atoms with Crippen LogP contribution in [0, 0.1) is 11.8 Å². The summed E-state index contributed by atoms with van der Waals surface area (Å²) in [5.74, 6) is 1.64. The summed E-state index contributed by atoms with van der Waals surface area (Å²) in [7, 11) is 6.29. The normalized spacial score (nSPS) is 11.0. The van der Waals surface area contributed by atoms with Crippen LogP contribution in [-0.2, 0) is 28.7 Å². The van der Waals surface area contributed by atoms with Gasteiger partial charge < -0.3 is 48.9 Å². The van der Waals surface area contributed by atoms with Crippen LogP contribution in [0.2, 0.25) is 0 Å². The van der Waals surface area contributed by atoms with Gasteiger partial charge in [-0.15, -0.1) is 0 Å². The van der Waals surface area contributed by atoms with Crippen LogP contribution in [0.1, 0.15) is 93.4 Å². The fraction of sp³-hybridized carbons (Fsp3) is 0.440. The molecule has 4 aromatic carbocycles. The molecule has 14 heteroatoms. The highest BCUT2D eigenvalue weighted by Crippen LogP contribution is 2.38. The molecule has 0 heterocycles. The third-order valence-electron chi connectivity index (χ3n) is 9.39. The summed E-state index contributed by atoms with van der Waals surface area (Å²) in [5.41, 5.74) is 6.82. The van der Waals surface area contributed by atoms with E-state index in [4.69, 9.17) is 43.6 Å². The number of Topliss-reactive ketones (excluding diaryl/α,β-unsaturated/α-hetero) is 1. The van der Waals surface area contributed by atoms with Gasteiger partial charge in [0, 0.05) is 12.1 Å². The Hall–Kier alpha value is -6.44. The monoisotopic (exact) mass is 890 g/mol. The molecule has 1 amide bonds. The maximum absolute atomic E-state index is 13.0. The van der Waals surface area contributed by atoms with Gasteiger partial charge in [-0.1, -0.05) is 84.1 Å². The first kappa shape index (κ1) is 55.6. The van der Waals surface area contributed by atoms with Gasteiger partial charge in [-0.3, -0.25) is 19.2 Å². The van der Waals surface area contributed by atoms with Gasteiger partial charge in [0.2, 0.25) is 5.91 Å². The molecule has 0 fully saturated rings. The lowest BCUT2D eigenvalue weighted by Gasteiger charge is -2.18. The lowest BCUT2D eigenvalue weighted by atomic mass is 9.98. The van der Waals surface area contributed by atoms with Crippen molar-refractivity contribution in [3.8, 4) is 46.0 Å². The molecule has 0 bridgehead atoms. The second-order valence-electron chi connectivity index (χ2n) is 14.0. The molecule has 3 N–H and O–H groups in total. The number of amides is 1. The van der Waals surface area contributed by atoms with E-state index >= 15 is 0 Å². The van der Waals surface area contributed by atoms with E-state index < -0.39 is 23.7 Å². The summed E-state index contributed by atoms with van der Waals surface area (Å²) in [6.07, 6.45) is 6.82. The molecule has 14 nitrogen and oxygen atoms in total. The number of esters is 2. The van der Waals surface area contributed by atoms with Gasteiger partial charge in [0.05, 0.1) is 53.0 Å². The number of unbranched alkanes of at least 4 members (excludes halogenated alkanes) is 4. The number of para-hydroxylation sites is 4. The van der Waals surface area contributed by atoms with E-state index in [2.05, 4.69) is 19.2 Å². The molecular weight excluding hydrogens is 821 g/mol. The first-order valence-corrected chi connectivity index (χ1v) is 21.3. The predicted octanol–water partition coefficient (Wildman–Crippen LogP) is 11.2. The lowest BCUT2D eigenvalue weighted by molar-refractivity contribution is -0.152. The minimum absolute atomic E-state index is 0. The summed E-state index contributed by atoms with van der Waals surface area (Å²) >= 11 is 0. The van der Waals surface area contributed by atoms with Crippen molar-refractivity contribution in [3.05, 3.63) is 84.9 Å². The molecule has 2 unspecified atom stereocenters. The van der Waals surface area contributed by atoms with E-state index in [1.165, 1.54) is 6.92 Å². The number of benzene rings is 4. The summed E-state index contributed by atoms with van der Waals surface area (Å²) in [5, 5.41) is 2.82. The lowest BCUT2D eigenvalue weighted by Crippen LogP contribution is -2.31. The van der Waals surface area contributed by atoms with Crippen molar-refractivity contribution in [2.75, 3.05) is 52.7 Å². The molecule has 352 valence electrons. The SMILES string of the molecule is C.CCCCCC(C(=O)Nc1ccc(OC)cc1Oc1ccccc1OC)C(=O)OCC.CCCCCC(C(C)=O)C(=O)OCC.COc1ccc(N)c(Oc2ccccc2OC)c1. The highest BCUT2D eigenvalue weighted by atomic mass is 16.5. The Kier molecular flexibility index (Phi) is 27.3. The number of rotatable bonds is 23. The molecule has 0 spiro atoms. The third-order valence-corrected chi connectivity index (χ3v) is 9.39. The first-order chi connectivity index (χ1) is 30.4. The van der Waals surface area contributed by atoms with E-state index in [9.17, 15) is 19.2 Å². The highest BCUT2D eigenvalue weighted by Gasteiger charge is 2.29. The molecule has 4 rings (SSSR count). The van der Waals surface area contributed by atoms with Gasteiger partial charge in [0.25, 0.3) is 0 Å². The zero-order chi connectivity index (χ0) is 46.6. The predicted molar refractivity (Wildman–Crippen MR) is 251 cm³/mol. The number of nitrogens with one attached hydrogen (secondary N) is 1. The average molecular weight is 891 g/mol. The highest BCUT2D eigenvalue weighted by molar-refractivity contribution is 6.05. The van der Waals surface area contributed by atoms with Crippen molar-refractivity contribution in [1.29, 1.82) is 0 Å². The Morgan fingerprint density at radius 3 is 1.44 bits per heavy atom. The van der Waals surface area contributed by atoms with Crippen molar-refractivity contribution in [1.82, 2.24) is 0 Å². The molecule has 0 aliphatic rings. The number of carbonyl (C=O) groups excluding carboxylic acids is 4. The van der Waals surface area contributed by atoms with Crippen molar-refractivity contribution in [3.63, 3.8) is 0 Å². The summed E-state index contributed by atoms with van der Waals surface area (Å²) in [6.45, 7) is 9.65. The van der Waals surface area contributed by atoms with Crippen LogP contribution >= 0.6 is 0 Å². The Morgan fingerprint density at radius 2 is 0.984 bits per heavy atom. The Bertz CT molecular complexity index is 2000. The van der Waals surface area contributed by atoms with Crippen LogP contribution in [0.4, 0.5) is 11.4 Å². The van der Waals surface area contributed by atoms with Gasteiger partial charge in [0.15, 0.2) is 34.5 Å². The van der Waals surface area contributed by atoms with Gasteiger partial charge in [-0.2, -0.15) is 0 Å². The number of ketones is 1. The van der Waals surface area contributed by atoms with Gasteiger partial charge in [-0.25, -0.2) is 0 Å². The third kappa shape index (κ3) is 18.9. The van der Waals surface area contributed by atoms with E-state index in [-0.39, 0.29) is 25.8 Å². The number of nitrogens with two attached hydrogens (primary N) is 1. The van der Waals surface area contributed by atoms with Gasteiger partial charge in [0.1, 0.15) is 29.1 Å². The molecule has 0 radical (unpaired) electrons. The molecule has 0 aromatic heterocycles. The van der Waals surface area contributed by atoms with E-state index in [1.807, 2.05) is 36.4 Å². The molecular formula is C50H70N2O12. The largest absolute Gasteiger partial charge is 0.497 e. The zero-order valence-electron chi connectivity index (χ0n) is 38.3. The van der Waals surface area contributed by atoms with Gasteiger partial charge in [-0.05, 0) is 82.1 Å². The molecule has 0 saturated heterocycles. The molecule has 2 atom stereocenters. The Labute approximate surface area is 380 Å². The van der Waals surface area contributed by atoms with Crippen LogP contribution < -0.4 is 39.5 Å². The number of hydrogen-bond donors (Lipinski definition) is 2. The van der Waals surface area contributed by atoms with Crippen molar-refractivity contribution in [2.24, 2.45) is 11.8 Å². The summed E-state index contributed by atoms with van der Waals surface area (Å²) < 4.78 is 42.7. The summed E-state index contributed by atoms with van der Waals surface area (Å²) in [4.78, 5) is 47.8. The first-order valence-electron chi connectivity index (χ1n) is 21.3. The maximum atomic E-state index is 13.0. The number of methoxy groups -OCH3 is 4. The summed E-state index contributed by atoms with van der Waals surface area (Å²) in [6, 6.07) is 24.9. The quantitative estimate of drug-likeness (QED) is 0.0311. The number of anilines is 2. The molecule has 4 aromatic rings. The second-order valence-corrected chi connectivity index (χ2v) is 14.0. The second kappa shape index (κ2) is 31.4. The van der Waals surface area contributed by atoms with Crippen LogP contribution in [0.25, 0.3) is 0 Å². The van der Waals surface area contributed by atoms with Crippen LogP contribution in [0.3, 0.4) is 0 Å². The van der Waals surface area contributed by atoms with Crippen molar-refractivity contribution in [2.45, 2.75) is 93.4 Å². The number of hydrogen-bond acceptors (Lipinski definition) is 13. The minimum Gasteiger partial charge on any atom is -0.497 e. The van der Waals surface area contributed by atoms with E-state index in [0.29, 0.717) is 76.8 Å². The van der Waals surface area contributed by atoms with Crippen LogP contribution in [-0.4, -0.2) is 65.3 Å². The van der Waals surface area contributed by atoms with Crippen molar-refractivity contribution >= 4 is 35.0 Å². The fourth-order valence-corrected chi connectivity index (χ4v) is 5.94. The standard InChI is InChI=1S/C24H31NO6.C14H15NO3.C11H20O3.CH4/c1-5-7-8-11-18(24(27)30-6-2)23(26)25-19-15-14-17(28-3)16-22(19)31-21-13-10-9-12-20(21)29-4;1-16-10-7-8-11(15)14(9-10)18-13-6-4-3-5-12(13)17-2;1-4-6-7-8-10(9(3)12)11(13)14-5-2;/h9-10,12-16,18H,5-8,11H2,1-4H3,(H,25,26);3-9H,15H2,1-2H3;10H,4-8H2,1-3H3;1H4. The number of nitrogen functional groups attached to an aromatic ring is 1. The molecule has 0 aliphatic heterocycles. The molecule has 0 saturated carbocycles. The molecule has 0 aliphatic carbocycles. The van der Waals surface area contributed by atoms with Crippen molar-refractivity contribution < 1.29 is 57.1 Å². The zero-order valence-corrected chi connectivity index (χ0v) is 38.3. The number of carbonyl (C=O) groups is 4. The minimum atomic E-state index is -0.882. The van der Waals surface area contributed by atoms with Crippen LogP contribution in [0.15, 0.2) is 84.9 Å². The van der Waals surface area contributed by atoms with E-state index in [1.54, 1.807) is 90.8 Å². The topological polar surface area (TPSA) is 180 Å². The Morgan fingerprint density at radius 1 is 0.547 bits per heavy atom. The number of ether oxygens (including phenoxy) is 8. The van der Waals surface area contributed by atoms with Gasteiger partial charge >= 0.3 is 11.9 Å². The van der Waals surface area contributed by atoms with E-state index in [0.717, 1.165) is 38.5 Å². The average Bonchev–Trinajstić information content (AvgIpc) is 3.28.